The van der Waals surface area contributed by atoms with E-state index < -0.39 is 96.2 Å². The molecule has 0 aromatic carbocycles. The van der Waals surface area contributed by atoms with Gasteiger partial charge in [0.2, 0.25) is 29.5 Å². The van der Waals surface area contributed by atoms with Crippen LogP contribution in [0.4, 0.5) is 0 Å². The second kappa shape index (κ2) is 18.0. The van der Waals surface area contributed by atoms with Crippen molar-refractivity contribution in [2.45, 2.75) is 88.4 Å². The first-order valence-electron chi connectivity index (χ1n) is 12.3. The molecule has 0 aliphatic carbocycles. The summed E-state index contributed by atoms with van der Waals surface area (Å²) in [4.78, 5) is 74.4. The lowest BCUT2D eigenvalue weighted by Gasteiger charge is -2.29. The second-order valence-electron chi connectivity index (χ2n) is 9.28. The zero-order valence-electron chi connectivity index (χ0n) is 22.8. The number of carboxylic acid groups (broad SMARTS) is 1. The summed E-state index contributed by atoms with van der Waals surface area (Å²) in [7, 11) is 0. The molecule has 0 unspecified atom stereocenters. The molecule has 0 rings (SSSR count). The van der Waals surface area contributed by atoms with Crippen LogP contribution in [0.1, 0.15) is 27.7 Å². The fourth-order valence-corrected chi connectivity index (χ4v) is 3.55. The van der Waals surface area contributed by atoms with Gasteiger partial charge in [0.1, 0.15) is 30.2 Å². The predicted octanol–water partition coefficient (Wildman–Crippen LogP) is -5.79. The van der Waals surface area contributed by atoms with E-state index in [4.69, 9.17) is 10.8 Å². The first-order valence-corrected chi connectivity index (χ1v) is 13.6. The number of aliphatic carboxylic acids is 1. The second-order valence-corrected chi connectivity index (χ2v) is 10.0. The Kier molecular flexibility index (Phi) is 16.8. The fourth-order valence-electron chi connectivity index (χ4n) is 3.14. The van der Waals surface area contributed by atoms with Crippen LogP contribution in [0.15, 0.2) is 0 Å². The van der Waals surface area contributed by atoms with Gasteiger partial charge < -0.3 is 57.9 Å². The standard InChI is InChI=1S/C22H40N6O11S2/c1-7(29)13(18(34)24-12(6-41)22(38)39)26-20(36)15(9(3)31)28-21(37)16(10(4)32)27-19(35)14(8(2)30)25-17(33)11(23)5-40/h7-16,29-32,40-41H,5-6,23H2,1-4H3,(H,24,34)(H,25,33)(H,26,36)(H,27,35)(H,28,37)(H,38,39)/t7-,8-,9-,10-,11+,12+,13+,14+,15+,16+/m1/s1. The highest BCUT2D eigenvalue weighted by Gasteiger charge is 2.37. The molecule has 0 saturated heterocycles. The Hall–Kier alpha value is -2.68. The number of carboxylic acids is 1. The van der Waals surface area contributed by atoms with E-state index in [1.165, 1.54) is 6.92 Å². The van der Waals surface area contributed by atoms with Gasteiger partial charge in [0.25, 0.3) is 0 Å². The molecule has 5 amide bonds. The molecule has 0 aromatic heterocycles. The van der Waals surface area contributed by atoms with E-state index >= 15 is 0 Å². The van der Waals surface area contributed by atoms with Crippen molar-refractivity contribution < 1.29 is 54.3 Å². The summed E-state index contributed by atoms with van der Waals surface area (Å²) in [5, 5.41) is 60.0. The molecule has 236 valence electrons. The van der Waals surface area contributed by atoms with Gasteiger partial charge in [-0.25, -0.2) is 4.79 Å². The summed E-state index contributed by atoms with van der Waals surface area (Å²) in [5.41, 5.74) is 5.55. The van der Waals surface area contributed by atoms with Crippen molar-refractivity contribution in [2.75, 3.05) is 11.5 Å². The third-order valence-corrected chi connectivity index (χ3v) is 6.34. The van der Waals surface area contributed by atoms with Crippen molar-refractivity contribution in [1.29, 1.82) is 0 Å². The van der Waals surface area contributed by atoms with Gasteiger partial charge in [-0.05, 0) is 27.7 Å². The zero-order valence-corrected chi connectivity index (χ0v) is 24.6. The number of carbonyl (C=O) groups excluding carboxylic acids is 5. The van der Waals surface area contributed by atoms with Crippen LogP contribution >= 0.6 is 25.3 Å². The minimum absolute atomic E-state index is 0.0750. The number of aliphatic hydroxyl groups is 4. The molecular weight excluding hydrogens is 588 g/mol. The fraction of sp³-hybridized carbons (Fsp3) is 0.727. The van der Waals surface area contributed by atoms with Crippen molar-refractivity contribution in [3.8, 4) is 0 Å². The third kappa shape index (κ3) is 12.4. The number of amides is 5. The van der Waals surface area contributed by atoms with Gasteiger partial charge in [0.15, 0.2) is 0 Å². The van der Waals surface area contributed by atoms with E-state index in [1.807, 2.05) is 0 Å². The average Bonchev–Trinajstić information content (AvgIpc) is 2.88. The number of aliphatic hydroxyl groups excluding tert-OH is 4. The highest BCUT2D eigenvalue weighted by molar-refractivity contribution is 7.80. The maximum Gasteiger partial charge on any atom is 0.327 e. The minimum Gasteiger partial charge on any atom is -0.480 e. The van der Waals surface area contributed by atoms with Gasteiger partial charge in [-0.3, -0.25) is 24.0 Å². The van der Waals surface area contributed by atoms with Crippen LogP contribution in [-0.4, -0.2) is 133 Å². The van der Waals surface area contributed by atoms with Gasteiger partial charge in [0, 0.05) is 11.5 Å². The van der Waals surface area contributed by atoms with Crippen molar-refractivity contribution >= 4 is 60.8 Å². The van der Waals surface area contributed by atoms with E-state index in [1.54, 1.807) is 0 Å². The summed E-state index contributed by atoms with van der Waals surface area (Å²) in [6, 6.07) is -9.44. The Morgan fingerprint density at radius 1 is 0.561 bits per heavy atom. The summed E-state index contributed by atoms with van der Waals surface area (Å²) in [6.45, 7) is 4.51. The molecule has 12 N–H and O–H groups in total. The van der Waals surface area contributed by atoms with Crippen molar-refractivity contribution in [3.05, 3.63) is 0 Å². The number of rotatable bonds is 17. The van der Waals surface area contributed by atoms with Crippen molar-refractivity contribution in [2.24, 2.45) is 5.73 Å². The number of hydrogen-bond donors (Lipinski definition) is 13. The largest absolute Gasteiger partial charge is 0.480 e. The monoisotopic (exact) mass is 628 g/mol. The number of nitrogens with one attached hydrogen (secondary N) is 5. The first kappa shape index (κ1) is 38.3. The van der Waals surface area contributed by atoms with Crippen molar-refractivity contribution in [1.82, 2.24) is 26.6 Å². The van der Waals surface area contributed by atoms with Crippen LogP contribution in [0.25, 0.3) is 0 Å². The van der Waals surface area contributed by atoms with Gasteiger partial charge in [0.05, 0.1) is 30.5 Å². The van der Waals surface area contributed by atoms with Crippen LogP contribution in [0.2, 0.25) is 0 Å². The van der Waals surface area contributed by atoms with E-state index in [9.17, 15) is 49.2 Å². The maximum absolute atomic E-state index is 13.0. The molecule has 0 saturated carbocycles. The van der Waals surface area contributed by atoms with Crippen LogP contribution < -0.4 is 32.3 Å². The predicted molar refractivity (Wildman–Crippen MR) is 150 cm³/mol. The maximum atomic E-state index is 13.0. The number of nitrogens with two attached hydrogens (primary N) is 1. The summed E-state index contributed by atoms with van der Waals surface area (Å²) in [6.07, 6.45) is -6.22. The van der Waals surface area contributed by atoms with Crippen LogP contribution in [0, 0.1) is 0 Å². The Bertz CT molecular complexity index is 938. The minimum atomic E-state index is -1.80. The molecule has 0 bridgehead atoms. The van der Waals surface area contributed by atoms with E-state index in [2.05, 4.69) is 51.8 Å². The molecule has 0 radical (unpaired) electrons. The zero-order chi connectivity index (χ0) is 32.2. The highest BCUT2D eigenvalue weighted by Crippen LogP contribution is 2.04. The van der Waals surface area contributed by atoms with E-state index in [0.29, 0.717) is 0 Å². The highest BCUT2D eigenvalue weighted by atomic mass is 32.1. The lowest BCUT2D eigenvalue weighted by molar-refractivity contribution is -0.142. The molecule has 0 aliphatic rings. The molecular formula is C22H40N6O11S2. The quantitative estimate of drug-likeness (QED) is 0.0671. The lowest BCUT2D eigenvalue weighted by atomic mass is 10.1. The van der Waals surface area contributed by atoms with Crippen LogP contribution in [0.3, 0.4) is 0 Å². The van der Waals surface area contributed by atoms with Crippen LogP contribution in [-0.2, 0) is 28.8 Å². The molecule has 10 atom stereocenters. The molecule has 41 heavy (non-hydrogen) atoms. The molecule has 0 heterocycles. The molecule has 19 heteroatoms. The topological polar surface area (TPSA) is 290 Å². The van der Waals surface area contributed by atoms with Gasteiger partial charge in [-0.1, -0.05) is 0 Å². The molecule has 0 aromatic rings. The van der Waals surface area contributed by atoms with Crippen LogP contribution in [0.5, 0.6) is 0 Å². The Morgan fingerprint density at radius 2 is 0.829 bits per heavy atom. The average molecular weight is 629 g/mol. The number of hydrogen-bond acceptors (Lipinski definition) is 13. The van der Waals surface area contributed by atoms with Crippen molar-refractivity contribution in [3.63, 3.8) is 0 Å². The normalized spacial score (nSPS) is 18.5. The first-order chi connectivity index (χ1) is 18.9. The van der Waals surface area contributed by atoms with E-state index in [0.717, 1.165) is 20.8 Å². The molecule has 0 fully saturated rings. The Morgan fingerprint density at radius 3 is 1.05 bits per heavy atom. The number of carbonyl (C=O) groups is 6. The summed E-state index contributed by atoms with van der Waals surface area (Å²) in [5.74, 6) is -7.19. The summed E-state index contributed by atoms with van der Waals surface area (Å²) >= 11 is 7.68. The molecule has 0 spiro atoms. The summed E-state index contributed by atoms with van der Waals surface area (Å²) < 4.78 is 0. The Balaban J connectivity index is 5.78. The van der Waals surface area contributed by atoms with Gasteiger partial charge >= 0.3 is 5.97 Å². The SMILES string of the molecule is C[C@@H](O)[C@H](NC(=O)[C@@H](NC(=O)[C@@H](NC(=O)[C@@H](NC(=O)[C@@H](N)CS)[C@@H](C)O)[C@@H](C)O)[C@@H](C)O)C(=O)N[C@@H](CS)C(=O)O. The third-order valence-electron chi connectivity index (χ3n) is 5.58. The molecule has 17 nitrogen and oxygen atoms in total. The lowest BCUT2D eigenvalue weighted by Crippen LogP contribution is -2.64. The van der Waals surface area contributed by atoms with Gasteiger partial charge in [-0.15, -0.1) is 0 Å². The molecule has 0 aliphatic heterocycles. The Labute approximate surface area is 247 Å². The smallest absolute Gasteiger partial charge is 0.327 e. The van der Waals surface area contributed by atoms with Gasteiger partial charge in [-0.2, -0.15) is 25.3 Å². The number of thiol groups is 2. The van der Waals surface area contributed by atoms with E-state index in [-0.39, 0.29) is 11.5 Å².